The Hall–Kier alpha value is -3.20. The summed E-state index contributed by atoms with van der Waals surface area (Å²) in [4.78, 5) is 30.9. The fourth-order valence-electron chi connectivity index (χ4n) is 3.49. The molecule has 4 rings (SSSR count). The molecule has 1 fully saturated rings. The van der Waals surface area contributed by atoms with Crippen molar-refractivity contribution in [3.05, 3.63) is 54.7 Å². The summed E-state index contributed by atoms with van der Waals surface area (Å²) in [5.74, 6) is 1.03. The number of β-amino-alcohol motifs (C(OH)–C–C–N with tert-alkyl or cyclic N) is 1. The first-order valence-corrected chi connectivity index (χ1v) is 9.63. The number of hydrogen-bond donors (Lipinski definition) is 1. The number of hydrogen-bond acceptors (Lipinski definition) is 8. The average molecular weight is 394 g/mol. The summed E-state index contributed by atoms with van der Waals surface area (Å²) in [6.45, 7) is 0.889. The maximum atomic E-state index is 12.5. The summed E-state index contributed by atoms with van der Waals surface area (Å²) in [5.41, 5.74) is 1.67. The molecule has 1 aliphatic rings. The Morgan fingerprint density at radius 2 is 2.03 bits per heavy atom. The van der Waals surface area contributed by atoms with Crippen molar-refractivity contribution in [2.75, 3.05) is 13.1 Å². The molecule has 0 radical (unpaired) electrons. The lowest BCUT2D eigenvalue weighted by atomic mass is 10.0. The Bertz CT molecular complexity index is 934. The van der Waals surface area contributed by atoms with Gasteiger partial charge in [0.25, 0.3) is 0 Å². The quantitative estimate of drug-likeness (QED) is 0.637. The van der Waals surface area contributed by atoms with Gasteiger partial charge in [0.05, 0.1) is 11.8 Å². The third kappa shape index (κ3) is 4.80. The highest BCUT2D eigenvalue weighted by atomic mass is 16.5. The topological polar surface area (TPSA) is 118 Å². The summed E-state index contributed by atoms with van der Waals surface area (Å²) in [5, 5.41) is 14.3. The molecular formula is C20H22N6O3. The van der Waals surface area contributed by atoms with E-state index in [0.717, 1.165) is 11.3 Å². The second-order valence-electron chi connectivity index (χ2n) is 7.13. The van der Waals surface area contributed by atoms with Crippen molar-refractivity contribution in [1.29, 1.82) is 0 Å². The number of aliphatic hydroxyl groups excluding tert-OH is 1. The van der Waals surface area contributed by atoms with Crippen LogP contribution in [0.1, 0.15) is 24.4 Å². The fourth-order valence-corrected chi connectivity index (χ4v) is 3.49. The molecule has 0 aliphatic carbocycles. The molecule has 150 valence electrons. The van der Waals surface area contributed by atoms with Gasteiger partial charge < -0.3 is 14.5 Å². The normalized spacial score (nSPS) is 18.9. The number of likely N-dealkylation sites (tertiary alicyclic amines) is 1. The van der Waals surface area contributed by atoms with Crippen LogP contribution < -0.4 is 0 Å². The molecule has 0 saturated carbocycles. The Labute approximate surface area is 167 Å². The zero-order chi connectivity index (χ0) is 20.1. The van der Waals surface area contributed by atoms with Gasteiger partial charge in [-0.3, -0.25) is 19.7 Å². The van der Waals surface area contributed by atoms with E-state index in [1.807, 2.05) is 12.1 Å². The number of nitrogens with zero attached hydrogens (tertiary/aromatic N) is 6. The van der Waals surface area contributed by atoms with Crippen molar-refractivity contribution < 1.29 is 14.4 Å². The summed E-state index contributed by atoms with van der Waals surface area (Å²) in [6, 6.07) is 3.63. The SMILES string of the molecule is O=C(CCCc1nc(-c2ccncc2)no1)N1C[C@@H](Cc2cnccn2)[C@H](O)C1. The Morgan fingerprint density at radius 3 is 2.83 bits per heavy atom. The van der Waals surface area contributed by atoms with Crippen LogP contribution in [0.15, 0.2) is 47.6 Å². The molecule has 9 nitrogen and oxygen atoms in total. The first-order valence-electron chi connectivity index (χ1n) is 9.63. The van der Waals surface area contributed by atoms with Gasteiger partial charge in [-0.05, 0) is 25.0 Å². The molecule has 0 spiro atoms. The van der Waals surface area contributed by atoms with Gasteiger partial charge in [0.1, 0.15) is 0 Å². The number of amides is 1. The van der Waals surface area contributed by atoms with E-state index in [0.29, 0.717) is 50.5 Å². The average Bonchev–Trinajstić information content (AvgIpc) is 3.37. The highest BCUT2D eigenvalue weighted by Gasteiger charge is 2.34. The number of aliphatic hydroxyl groups is 1. The van der Waals surface area contributed by atoms with Gasteiger partial charge in [0, 0.05) is 68.4 Å². The maximum absolute atomic E-state index is 12.5. The molecule has 0 aromatic carbocycles. The Kier molecular flexibility index (Phi) is 5.85. The summed E-state index contributed by atoms with van der Waals surface area (Å²) >= 11 is 0. The van der Waals surface area contributed by atoms with Crippen LogP contribution in [-0.2, 0) is 17.6 Å². The Morgan fingerprint density at radius 1 is 1.17 bits per heavy atom. The molecule has 29 heavy (non-hydrogen) atoms. The van der Waals surface area contributed by atoms with Crippen molar-refractivity contribution in [1.82, 2.24) is 30.0 Å². The van der Waals surface area contributed by atoms with Gasteiger partial charge in [-0.1, -0.05) is 5.16 Å². The third-order valence-corrected chi connectivity index (χ3v) is 5.04. The van der Waals surface area contributed by atoms with Crippen LogP contribution >= 0.6 is 0 Å². The van der Waals surface area contributed by atoms with Crippen LogP contribution in [-0.4, -0.2) is 60.2 Å². The molecule has 9 heteroatoms. The summed E-state index contributed by atoms with van der Waals surface area (Å²) in [6.07, 6.45) is 9.88. The minimum atomic E-state index is -0.542. The first kappa shape index (κ1) is 19.1. The molecule has 2 atom stereocenters. The zero-order valence-electron chi connectivity index (χ0n) is 15.9. The standard InChI is InChI=1S/C20H22N6O3/c27-17-13-26(12-15(17)10-16-11-22-8-9-23-16)19(28)3-1-2-18-24-20(25-29-18)14-4-6-21-7-5-14/h4-9,11,15,17,27H,1-3,10,12-13H2/t15-,17-/m1/s1. The van der Waals surface area contributed by atoms with Crippen molar-refractivity contribution in [3.63, 3.8) is 0 Å². The second kappa shape index (κ2) is 8.87. The van der Waals surface area contributed by atoms with E-state index in [9.17, 15) is 9.90 Å². The monoisotopic (exact) mass is 394 g/mol. The number of aryl methyl sites for hydroxylation is 1. The van der Waals surface area contributed by atoms with Gasteiger partial charge >= 0.3 is 0 Å². The molecule has 1 saturated heterocycles. The lowest BCUT2D eigenvalue weighted by Crippen LogP contribution is -2.29. The zero-order valence-corrected chi connectivity index (χ0v) is 15.9. The van der Waals surface area contributed by atoms with E-state index in [2.05, 4.69) is 25.1 Å². The van der Waals surface area contributed by atoms with Crippen molar-refractivity contribution in [3.8, 4) is 11.4 Å². The lowest BCUT2D eigenvalue weighted by molar-refractivity contribution is -0.130. The van der Waals surface area contributed by atoms with E-state index >= 15 is 0 Å². The summed E-state index contributed by atoms with van der Waals surface area (Å²) < 4.78 is 5.27. The van der Waals surface area contributed by atoms with Gasteiger partial charge in [0.2, 0.25) is 17.6 Å². The van der Waals surface area contributed by atoms with Crippen LogP contribution in [0.2, 0.25) is 0 Å². The first-order chi connectivity index (χ1) is 14.2. The minimum Gasteiger partial charge on any atom is -0.391 e. The smallest absolute Gasteiger partial charge is 0.226 e. The van der Waals surface area contributed by atoms with Crippen molar-refractivity contribution in [2.45, 2.75) is 31.8 Å². The molecule has 1 aliphatic heterocycles. The van der Waals surface area contributed by atoms with Crippen molar-refractivity contribution in [2.24, 2.45) is 5.92 Å². The predicted molar refractivity (Wildman–Crippen MR) is 102 cm³/mol. The largest absolute Gasteiger partial charge is 0.391 e. The molecule has 3 aromatic heterocycles. The Balaban J connectivity index is 1.24. The van der Waals surface area contributed by atoms with E-state index < -0.39 is 6.10 Å². The van der Waals surface area contributed by atoms with Crippen molar-refractivity contribution >= 4 is 5.91 Å². The number of carbonyl (C=O) groups is 1. The molecule has 3 aromatic rings. The maximum Gasteiger partial charge on any atom is 0.226 e. The minimum absolute atomic E-state index is 0.0190. The van der Waals surface area contributed by atoms with Gasteiger partial charge in [-0.15, -0.1) is 0 Å². The highest BCUT2D eigenvalue weighted by molar-refractivity contribution is 5.76. The third-order valence-electron chi connectivity index (χ3n) is 5.04. The van der Waals surface area contributed by atoms with Crippen LogP contribution in [0.3, 0.4) is 0 Å². The van der Waals surface area contributed by atoms with E-state index in [1.54, 1.807) is 35.9 Å². The second-order valence-corrected chi connectivity index (χ2v) is 7.13. The van der Waals surface area contributed by atoms with Crippen LogP contribution in [0.5, 0.6) is 0 Å². The fraction of sp³-hybridized carbons (Fsp3) is 0.400. The van der Waals surface area contributed by atoms with Gasteiger partial charge in [-0.25, -0.2) is 0 Å². The van der Waals surface area contributed by atoms with E-state index in [4.69, 9.17) is 4.52 Å². The molecular weight excluding hydrogens is 372 g/mol. The molecule has 1 amide bonds. The highest BCUT2D eigenvalue weighted by Crippen LogP contribution is 2.22. The van der Waals surface area contributed by atoms with Gasteiger partial charge in [-0.2, -0.15) is 4.98 Å². The van der Waals surface area contributed by atoms with Crippen LogP contribution in [0.25, 0.3) is 11.4 Å². The number of pyridine rings is 1. The van der Waals surface area contributed by atoms with E-state index in [-0.39, 0.29) is 11.8 Å². The lowest BCUT2D eigenvalue weighted by Gasteiger charge is -2.15. The molecule has 0 unspecified atom stereocenters. The molecule has 0 bridgehead atoms. The number of rotatable bonds is 7. The predicted octanol–water partition coefficient (Wildman–Crippen LogP) is 1.31. The van der Waals surface area contributed by atoms with Crippen LogP contribution in [0.4, 0.5) is 0 Å². The molecule has 4 heterocycles. The molecule has 1 N–H and O–H groups in total. The summed E-state index contributed by atoms with van der Waals surface area (Å²) in [7, 11) is 0. The number of aromatic nitrogens is 5. The van der Waals surface area contributed by atoms with Crippen LogP contribution in [0, 0.1) is 5.92 Å². The number of carbonyl (C=O) groups excluding carboxylic acids is 1. The van der Waals surface area contributed by atoms with E-state index in [1.165, 1.54) is 0 Å². The van der Waals surface area contributed by atoms with Gasteiger partial charge in [0.15, 0.2) is 0 Å².